The van der Waals surface area contributed by atoms with Crippen LogP contribution in [-0.2, 0) is 0 Å². The zero-order valence-electron chi connectivity index (χ0n) is 6.86. The van der Waals surface area contributed by atoms with Gasteiger partial charge in [-0.25, -0.2) is 0 Å². The second-order valence-electron chi connectivity index (χ2n) is 2.94. The van der Waals surface area contributed by atoms with Crippen LogP contribution in [0.4, 0.5) is 0 Å². The molecular formula is C9H7BrClNO. The van der Waals surface area contributed by atoms with E-state index in [9.17, 15) is 5.11 Å². The number of hydrogen-bond acceptors (Lipinski definition) is 1. The first-order valence-corrected chi connectivity index (χ1v) is 4.93. The molecule has 0 fully saturated rings. The molecule has 0 unspecified atom stereocenters. The van der Waals surface area contributed by atoms with E-state index >= 15 is 0 Å². The number of aryl methyl sites for hydroxylation is 1. The van der Waals surface area contributed by atoms with Crippen molar-refractivity contribution in [2.24, 2.45) is 0 Å². The Labute approximate surface area is 88.7 Å². The highest BCUT2D eigenvalue weighted by Gasteiger charge is 2.10. The largest absolute Gasteiger partial charge is 0.505 e. The van der Waals surface area contributed by atoms with Crippen molar-refractivity contribution in [1.82, 2.24) is 4.98 Å². The van der Waals surface area contributed by atoms with Gasteiger partial charge in [0.25, 0.3) is 0 Å². The molecule has 2 N–H and O–H groups in total. The number of halogens is 2. The molecule has 0 atom stereocenters. The Kier molecular flexibility index (Phi) is 2.00. The summed E-state index contributed by atoms with van der Waals surface area (Å²) in [7, 11) is 0. The van der Waals surface area contributed by atoms with Crippen LogP contribution < -0.4 is 0 Å². The fraction of sp³-hybridized carbons (Fsp3) is 0.111. The van der Waals surface area contributed by atoms with E-state index in [1.807, 2.05) is 13.0 Å². The van der Waals surface area contributed by atoms with Gasteiger partial charge in [0, 0.05) is 11.1 Å². The molecule has 2 nitrogen and oxygen atoms in total. The minimum Gasteiger partial charge on any atom is -0.505 e. The molecule has 1 aromatic carbocycles. The maximum absolute atomic E-state index is 9.51. The van der Waals surface area contributed by atoms with Crippen LogP contribution in [0.1, 0.15) is 5.69 Å². The Morgan fingerprint density at radius 2 is 2.15 bits per heavy atom. The summed E-state index contributed by atoms with van der Waals surface area (Å²) in [4.78, 5) is 3.13. The van der Waals surface area contributed by atoms with Gasteiger partial charge in [0.05, 0.1) is 15.0 Å². The van der Waals surface area contributed by atoms with Crippen molar-refractivity contribution < 1.29 is 5.11 Å². The fourth-order valence-corrected chi connectivity index (χ4v) is 2.20. The summed E-state index contributed by atoms with van der Waals surface area (Å²) in [5, 5.41) is 10.9. The van der Waals surface area contributed by atoms with E-state index in [0.717, 1.165) is 16.6 Å². The minimum atomic E-state index is 0.0796. The topological polar surface area (TPSA) is 36.0 Å². The lowest BCUT2D eigenvalue weighted by molar-refractivity contribution is 0.473. The normalized spacial score (nSPS) is 11.0. The number of fused-ring (bicyclic) bond motifs is 1. The Balaban J connectivity index is 2.92. The van der Waals surface area contributed by atoms with Crippen LogP contribution in [0.25, 0.3) is 10.9 Å². The van der Waals surface area contributed by atoms with Crippen molar-refractivity contribution in [2.45, 2.75) is 6.92 Å². The number of rotatable bonds is 0. The van der Waals surface area contributed by atoms with Gasteiger partial charge in [-0.15, -0.1) is 0 Å². The SMILES string of the molecule is Cc1cc2cc(Cl)c(O)c(Br)c2[nH]1. The van der Waals surface area contributed by atoms with Crippen molar-refractivity contribution in [3.8, 4) is 5.75 Å². The predicted octanol–water partition coefficient (Wildman–Crippen LogP) is 3.60. The van der Waals surface area contributed by atoms with Crippen molar-refractivity contribution in [3.05, 3.63) is 27.3 Å². The first-order valence-electron chi connectivity index (χ1n) is 3.76. The summed E-state index contributed by atoms with van der Waals surface area (Å²) in [6.45, 7) is 1.96. The molecule has 0 radical (unpaired) electrons. The number of hydrogen-bond donors (Lipinski definition) is 2. The van der Waals surface area contributed by atoms with E-state index in [1.165, 1.54) is 0 Å². The number of aromatic amines is 1. The van der Waals surface area contributed by atoms with Crippen molar-refractivity contribution in [1.29, 1.82) is 0 Å². The summed E-state index contributed by atoms with van der Waals surface area (Å²) < 4.78 is 0.614. The number of aromatic hydroxyl groups is 1. The average Bonchev–Trinajstić information content (AvgIpc) is 2.42. The number of aromatic nitrogens is 1. The van der Waals surface area contributed by atoms with Crippen LogP contribution in [-0.4, -0.2) is 10.1 Å². The summed E-state index contributed by atoms with van der Waals surface area (Å²) in [6, 6.07) is 3.71. The van der Waals surface area contributed by atoms with Gasteiger partial charge in [0.1, 0.15) is 5.75 Å². The smallest absolute Gasteiger partial charge is 0.150 e. The first-order chi connectivity index (χ1) is 6.09. The molecule has 0 bridgehead atoms. The summed E-state index contributed by atoms with van der Waals surface area (Å²) in [5.41, 5.74) is 1.91. The van der Waals surface area contributed by atoms with Crippen molar-refractivity contribution in [3.63, 3.8) is 0 Å². The van der Waals surface area contributed by atoms with Crippen LogP contribution in [0.3, 0.4) is 0 Å². The Bertz CT molecular complexity index is 478. The zero-order valence-corrected chi connectivity index (χ0v) is 9.20. The summed E-state index contributed by atoms with van der Waals surface area (Å²) in [5.74, 6) is 0.0796. The molecule has 0 amide bonds. The quantitative estimate of drug-likeness (QED) is 0.746. The van der Waals surface area contributed by atoms with Crippen LogP contribution in [0.5, 0.6) is 5.75 Å². The number of nitrogens with one attached hydrogen (secondary N) is 1. The third-order valence-electron chi connectivity index (χ3n) is 1.92. The molecule has 0 saturated carbocycles. The van der Waals surface area contributed by atoms with Crippen molar-refractivity contribution in [2.75, 3.05) is 0 Å². The third kappa shape index (κ3) is 1.32. The predicted molar refractivity (Wildman–Crippen MR) is 57.4 cm³/mol. The second kappa shape index (κ2) is 2.93. The number of benzene rings is 1. The number of H-pyrrole nitrogens is 1. The maximum Gasteiger partial charge on any atom is 0.150 e. The minimum absolute atomic E-state index is 0.0796. The van der Waals surface area contributed by atoms with Crippen LogP contribution in [0.15, 0.2) is 16.6 Å². The lowest BCUT2D eigenvalue weighted by Gasteiger charge is -2.00. The Hall–Kier alpha value is -0.670. The molecule has 0 aliphatic rings. The molecule has 1 aromatic heterocycles. The highest BCUT2D eigenvalue weighted by molar-refractivity contribution is 9.10. The molecule has 0 aliphatic heterocycles. The number of phenols is 1. The van der Waals surface area contributed by atoms with Gasteiger partial charge in [-0.1, -0.05) is 11.6 Å². The second-order valence-corrected chi connectivity index (χ2v) is 4.14. The van der Waals surface area contributed by atoms with Gasteiger partial charge >= 0.3 is 0 Å². The molecule has 0 aliphatic carbocycles. The van der Waals surface area contributed by atoms with Gasteiger partial charge in [-0.05, 0) is 35.0 Å². The molecule has 1 heterocycles. The average molecular weight is 261 g/mol. The van der Waals surface area contributed by atoms with E-state index in [1.54, 1.807) is 6.07 Å². The van der Waals surface area contributed by atoms with E-state index in [-0.39, 0.29) is 5.75 Å². The summed E-state index contributed by atoms with van der Waals surface area (Å²) in [6.07, 6.45) is 0. The molecule has 68 valence electrons. The van der Waals surface area contributed by atoms with Crippen LogP contribution in [0.2, 0.25) is 5.02 Å². The Morgan fingerprint density at radius 1 is 1.46 bits per heavy atom. The van der Waals surface area contributed by atoms with E-state index in [0.29, 0.717) is 9.50 Å². The van der Waals surface area contributed by atoms with Crippen LogP contribution in [0, 0.1) is 6.92 Å². The highest BCUT2D eigenvalue weighted by atomic mass is 79.9. The van der Waals surface area contributed by atoms with Gasteiger partial charge < -0.3 is 10.1 Å². The molecule has 13 heavy (non-hydrogen) atoms. The van der Waals surface area contributed by atoms with Gasteiger partial charge in [-0.2, -0.15) is 0 Å². The van der Waals surface area contributed by atoms with Gasteiger partial charge in [0.15, 0.2) is 0 Å². The summed E-state index contributed by atoms with van der Waals surface area (Å²) >= 11 is 9.09. The fourth-order valence-electron chi connectivity index (χ4n) is 1.33. The van der Waals surface area contributed by atoms with E-state index in [2.05, 4.69) is 20.9 Å². The molecule has 4 heteroatoms. The third-order valence-corrected chi connectivity index (χ3v) is 2.98. The monoisotopic (exact) mass is 259 g/mol. The Morgan fingerprint density at radius 3 is 2.85 bits per heavy atom. The molecular weight excluding hydrogens is 253 g/mol. The van der Waals surface area contributed by atoms with E-state index in [4.69, 9.17) is 11.6 Å². The molecule has 0 spiro atoms. The van der Waals surface area contributed by atoms with Crippen molar-refractivity contribution >= 4 is 38.4 Å². The van der Waals surface area contributed by atoms with Gasteiger partial charge in [-0.3, -0.25) is 0 Å². The lowest BCUT2D eigenvalue weighted by Crippen LogP contribution is -1.75. The molecule has 0 saturated heterocycles. The standard InChI is InChI=1S/C9H7BrClNO/c1-4-2-5-3-6(11)9(13)7(10)8(5)12-4/h2-3,12-13H,1H3. The highest BCUT2D eigenvalue weighted by Crippen LogP contribution is 2.38. The number of phenolic OH excluding ortho intramolecular Hbond substituents is 1. The molecule has 2 aromatic rings. The van der Waals surface area contributed by atoms with Gasteiger partial charge in [0.2, 0.25) is 0 Å². The maximum atomic E-state index is 9.51. The molecule has 2 rings (SSSR count). The van der Waals surface area contributed by atoms with E-state index < -0.39 is 0 Å². The lowest BCUT2D eigenvalue weighted by atomic mass is 10.2. The first kappa shape index (κ1) is 8.91. The zero-order chi connectivity index (χ0) is 9.59. The van der Waals surface area contributed by atoms with Crippen LogP contribution >= 0.6 is 27.5 Å².